The van der Waals surface area contributed by atoms with Crippen LogP contribution in [0.5, 0.6) is 11.6 Å². The molecule has 0 spiro atoms. The van der Waals surface area contributed by atoms with Gasteiger partial charge in [-0.3, -0.25) is 10.1 Å². The van der Waals surface area contributed by atoms with Gasteiger partial charge in [0.2, 0.25) is 0 Å². The largest absolute Gasteiger partial charge is 0.478 e. The molecule has 1 N–H and O–H groups in total. The maximum atomic E-state index is 10.9. The summed E-state index contributed by atoms with van der Waals surface area (Å²) in [6.45, 7) is 1.63. The highest BCUT2D eigenvalue weighted by Gasteiger charge is 2.19. The van der Waals surface area contributed by atoms with Crippen LogP contribution in [0.1, 0.15) is 15.9 Å². The van der Waals surface area contributed by atoms with Gasteiger partial charge in [-0.2, -0.15) is 0 Å². The zero-order valence-electron chi connectivity index (χ0n) is 10.7. The summed E-state index contributed by atoms with van der Waals surface area (Å²) in [5.41, 5.74) is 0.239. The quantitative estimate of drug-likeness (QED) is 0.685. The van der Waals surface area contributed by atoms with Gasteiger partial charge in [0.25, 0.3) is 5.88 Å². The van der Waals surface area contributed by atoms with Gasteiger partial charge in [0, 0.05) is 6.07 Å². The van der Waals surface area contributed by atoms with Crippen molar-refractivity contribution in [3.05, 3.63) is 56.7 Å². The van der Waals surface area contributed by atoms with Crippen molar-refractivity contribution in [2.45, 2.75) is 6.92 Å². The maximum Gasteiger partial charge on any atom is 0.335 e. The number of carboxylic acid groups (broad SMARTS) is 1. The molecule has 8 heteroatoms. The Morgan fingerprint density at radius 1 is 1.43 bits per heavy atom. The molecule has 0 radical (unpaired) electrons. The normalized spacial score (nSPS) is 10.2. The predicted molar refractivity (Wildman–Crippen MR) is 74.1 cm³/mol. The van der Waals surface area contributed by atoms with E-state index >= 15 is 0 Å². The van der Waals surface area contributed by atoms with E-state index in [1.807, 2.05) is 0 Å². The Labute approximate surface area is 123 Å². The Morgan fingerprint density at radius 2 is 2.14 bits per heavy atom. The summed E-state index contributed by atoms with van der Waals surface area (Å²) in [7, 11) is 0. The van der Waals surface area contributed by atoms with Crippen LogP contribution in [-0.2, 0) is 0 Å². The molecule has 0 saturated heterocycles. The molecule has 1 heterocycles. The lowest BCUT2D eigenvalue weighted by Crippen LogP contribution is -1.99. The standard InChI is InChI=1S/C13H9ClN2O5/c1-7-4-8(13(17)18)2-3-11(7)21-12-10(16(19)20)5-9(14)6-15-12/h2-6H,1H3,(H,17,18). The van der Waals surface area contributed by atoms with Crippen LogP contribution in [0.4, 0.5) is 5.69 Å². The lowest BCUT2D eigenvalue weighted by Gasteiger charge is -2.08. The van der Waals surface area contributed by atoms with Gasteiger partial charge in [-0.05, 0) is 30.7 Å². The number of aromatic carboxylic acids is 1. The first-order chi connectivity index (χ1) is 9.88. The van der Waals surface area contributed by atoms with E-state index in [1.54, 1.807) is 6.92 Å². The predicted octanol–water partition coefficient (Wildman–Crippen LogP) is 3.44. The highest BCUT2D eigenvalue weighted by Crippen LogP contribution is 2.32. The lowest BCUT2D eigenvalue weighted by atomic mass is 10.1. The lowest BCUT2D eigenvalue weighted by molar-refractivity contribution is -0.386. The fourth-order valence-electron chi connectivity index (χ4n) is 1.63. The van der Waals surface area contributed by atoms with Crippen LogP contribution in [-0.4, -0.2) is 21.0 Å². The molecule has 21 heavy (non-hydrogen) atoms. The van der Waals surface area contributed by atoms with Crippen LogP contribution in [0.3, 0.4) is 0 Å². The number of aromatic nitrogens is 1. The molecule has 0 atom stereocenters. The molecule has 2 rings (SSSR count). The van der Waals surface area contributed by atoms with E-state index in [1.165, 1.54) is 24.4 Å². The third kappa shape index (κ3) is 3.26. The minimum atomic E-state index is -1.07. The van der Waals surface area contributed by atoms with Gasteiger partial charge >= 0.3 is 11.7 Å². The van der Waals surface area contributed by atoms with Gasteiger partial charge < -0.3 is 9.84 Å². The summed E-state index contributed by atoms with van der Waals surface area (Å²) < 4.78 is 5.39. The van der Waals surface area contributed by atoms with E-state index in [-0.39, 0.29) is 27.9 Å². The molecule has 108 valence electrons. The second kappa shape index (κ2) is 5.76. The van der Waals surface area contributed by atoms with Crippen LogP contribution >= 0.6 is 11.6 Å². The zero-order valence-corrected chi connectivity index (χ0v) is 11.5. The number of hydrogen-bond donors (Lipinski definition) is 1. The van der Waals surface area contributed by atoms with Crippen molar-refractivity contribution in [1.82, 2.24) is 4.98 Å². The van der Waals surface area contributed by atoms with Gasteiger partial charge in [-0.25, -0.2) is 9.78 Å². The number of nitro groups is 1. The van der Waals surface area contributed by atoms with E-state index < -0.39 is 10.9 Å². The molecule has 0 bridgehead atoms. The molecule has 0 aliphatic carbocycles. The first-order valence-corrected chi connectivity index (χ1v) is 6.08. The van der Waals surface area contributed by atoms with Crippen molar-refractivity contribution >= 4 is 23.3 Å². The second-order valence-corrected chi connectivity index (χ2v) is 4.56. The number of halogens is 1. The monoisotopic (exact) mass is 308 g/mol. The van der Waals surface area contributed by atoms with Gasteiger partial charge in [-0.15, -0.1) is 0 Å². The molecule has 1 aromatic carbocycles. The molecule has 0 unspecified atom stereocenters. The molecule has 0 aliphatic rings. The third-order valence-electron chi connectivity index (χ3n) is 2.62. The SMILES string of the molecule is Cc1cc(C(=O)O)ccc1Oc1ncc(Cl)cc1[N+](=O)[O-]. The van der Waals surface area contributed by atoms with E-state index in [9.17, 15) is 14.9 Å². The number of carboxylic acids is 1. The zero-order chi connectivity index (χ0) is 15.6. The molecule has 0 amide bonds. The Morgan fingerprint density at radius 3 is 2.71 bits per heavy atom. The topological polar surface area (TPSA) is 103 Å². The van der Waals surface area contributed by atoms with E-state index in [0.717, 1.165) is 6.07 Å². The molecule has 0 fully saturated rings. The fraction of sp³-hybridized carbons (Fsp3) is 0.0769. The molecule has 2 aromatic rings. The number of rotatable bonds is 4. The molecule has 0 aliphatic heterocycles. The van der Waals surface area contributed by atoms with Crippen molar-refractivity contribution in [2.75, 3.05) is 0 Å². The first kappa shape index (κ1) is 14.7. The highest BCUT2D eigenvalue weighted by molar-refractivity contribution is 6.30. The van der Waals surface area contributed by atoms with Gasteiger partial charge in [0.05, 0.1) is 21.7 Å². The Balaban J connectivity index is 2.39. The highest BCUT2D eigenvalue weighted by atomic mass is 35.5. The summed E-state index contributed by atoms with van der Waals surface area (Å²) in [6.07, 6.45) is 1.23. The van der Waals surface area contributed by atoms with Gasteiger partial charge in [0.1, 0.15) is 5.75 Å². The number of carbonyl (C=O) groups is 1. The molecule has 1 aromatic heterocycles. The Kier molecular flexibility index (Phi) is 4.04. The van der Waals surface area contributed by atoms with Crippen molar-refractivity contribution < 1.29 is 19.6 Å². The van der Waals surface area contributed by atoms with E-state index in [2.05, 4.69) is 4.98 Å². The van der Waals surface area contributed by atoms with E-state index in [0.29, 0.717) is 5.56 Å². The number of ether oxygens (including phenoxy) is 1. The van der Waals surface area contributed by atoms with Crippen LogP contribution < -0.4 is 4.74 Å². The number of benzene rings is 1. The number of pyridine rings is 1. The van der Waals surface area contributed by atoms with Gasteiger partial charge in [-0.1, -0.05) is 11.6 Å². The second-order valence-electron chi connectivity index (χ2n) is 4.12. The third-order valence-corrected chi connectivity index (χ3v) is 2.83. The van der Waals surface area contributed by atoms with Crippen LogP contribution in [0.25, 0.3) is 0 Å². The molecule has 7 nitrogen and oxygen atoms in total. The van der Waals surface area contributed by atoms with Crippen LogP contribution in [0.2, 0.25) is 5.02 Å². The van der Waals surface area contributed by atoms with Crippen LogP contribution in [0, 0.1) is 17.0 Å². The van der Waals surface area contributed by atoms with Gasteiger partial charge in [0.15, 0.2) is 0 Å². The maximum absolute atomic E-state index is 10.9. The molecular weight excluding hydrogens is 300 g/mol. The van der Waals surface area contributed by atoms with Crippen molar-refractivity contribution in [1.29, 1.82) is 0 Å². The van der Waals surface area contributed by atoms with Crippen molar-refractivity contribution in [2.24, 2.45) is 0 Å². The average Bonchev–Trinajstić information content (AvgIpc) is 2.42. The first-order valence-electron chi connectivity index (χ1n) is 5.70. The summed E-state index contributed by atoms with van der Waals surface area (Å²) in [5.74, 6) is -1.01. The smallest absolute Gasteiger partial charge is 0.335 e. The van der Waals surface area contributed by atoms with E-state index in [4.69, 9.17) is 21.4 Å². The number of nitrogens with zero attached hydrogens (tertiary/aromatic N) is 2. The summed E-state index contributed by atoms with van der Waals surface area (Å²) in [4.78, 5) is 24.9. The van der Waals surface area contributed by atoms with Crippen molar-refractivity contribution in [3.8, 4) is 11.6 Å². The van der Waals surface area contributed by atoms with Crippen LogP contribution in [0.15, 0.2) is 30.5 Å². The summed E-state index contributed by atoms with van der Waals surface area (Å²) in [5, 5.41) is 19.9. The molecule has 0 saturated carbocycles. The average molecular weight is 309 g/mol. The summed E-state index contributed by atoms with van der Waals surface area (Å²) in [6, 6.07) is 5.29. The minimum Gasteiger partial charge on any atom is -0.478 e. The number of aryl methyl sites for hydroxylation is 1. The Hall–Kier alpha value is -2.67. The fourth-order valence-corrected chi connectivity index (χ4v) is 1.78. The summed E-state index contributed by atoms with van der Waals surface area (Å²) >= 11 is 5.66. The number of hydrogen-bond acceptors (Lipinski definition) is 5. The van der Waals surface area contributed by atoms with Crippen molar-refractivity contribution in [3.63, 3.8) is 0 Å². The minimum absolute atomic E-state index is 0.0958. The Bertz CT molecular complexity index is 732. The molecular formula is C13H9ClN2O5.